The first-order chi connectivity index (χ1) is 12.9. The number of rotatable bonds is 6. The van der Waals surface area contributed by atoms with Gasteiger partial charge in [0.05, 0.1) is 5.56 Å². The Morgan fingerprint density at radius 3 is 2.56 bits per heavy atom. The van der Waals surface area contributed by atoms with Crippen molar-refractivity contribution in [3.05, 3.63) is 58.2 Å². The third-order valence-corrected chi connectivity index (χ3v) is 5.94. The van der Waals surface area contributed by atoms with E-state index < -0.39 is 5.97 Å². The van der Waals surface area contributed by atoms with E-state index in [-0.39, 0.29) is 5.82 Å². The summed E-state index contributed by atoms with van der Waals surface area (Å²) >= 11 is 0. The van der Waals surface area contributed by atoms with Crippen LogP contribution in [0.3, 0.4) is 0 Å². The third kappa shape index (κ3) is 4.41. The average molecular weight is 372 g/mol. The van der Waals surface area contributed by atoms with Crippen LogP contribution in [0.15, 0.2) is 24.3 Å². The van der Waals surface area contributed by atoms with Crippen molar-refractivity contribution in [2.75, 3.05) is 0 Å². The number of carboxylic acid groups (broad SMARTS) is 1. The van der Waals surface area contributed by atoms with Gasteiger partial charge in [-0.15, -0.1) is 0 Å². The van der Waals surface area contributed by atoms with Gasteiger partial charge in [0.1, 0.15) is 5.82 Å². The molecule has 0 spiro atoms. The second-order valence-corrected chi connectivity index (χ2v) is 7.88. The summed E-state index contributed by atoms with van der Waals surface area (Å²) in [5, 5.41) is 13.3. The second-order valence-electron chi connectivity index (χ2n) is 7.88. The van der Waals surface area contributed by atoms with Crippen LogP contribution in [0.5, 0.6) is 0 Å². The topological polar surface area (TPSA) is 54.3 Å². The van der Waals surface area contributed by atoms with Gasteiger partial charge in [-0.25, -0.2) is 9.18 Å². The summed E-state index contributed by atoms with van der Waals surface area (Å²) in [4.78, 5) is 11.9. The van der Waals surface area contributed by atoms with E-state index in [2.05, 4.69) is 12.2 Å². The quantitative estimate of drug-likeness (QED) is 0.775. The molecule has 146 valence electrons. The van der Waals surface area contributed by atoms with Crippen LogP contribution in [0.25, 0.3) is 0 Å². The van der Waals surface area contributed by atoms with Crippen LogP contribution in [-0.4, -0.2) is 21.7 Å². The van der Waals surface area contributed by atoms with Crippen LogP contribution in [0.4, 0.5) is 4.39 Å². The van der Waals surface area contributed by atoms with Crippen molar-refractivity contribution in [1.29, 1.82) is 0 Å². The molecule has 0 amide bonds. The van der Waals surface area contributed by atoms with E-state index in [0.717, 1.165) is 41.3 Å². The highest BCUT2D eigenvalue weighted by atomic mass is 19.1. The molecular weight excluding hydrogens is 343 g/mol. The van der Waals surface area contributed by atoms with Crippen LogP contribution >= 0.6 is 0 Å². The molecule has 5 heteroatoms. The van der Waals surface area contributed by atoms with Gasteiger partial charge in [0.15, 0.2) is 0 Å². The SMILES string of the molecule is Cc1c(CNC2CCC(C)CC2)c(C(=O)O)c(C)n1Cc1cccc(F)c1. The second kappa shape index (κ2) is 8.26. The van der Waals surface area contributed by atoms with E-state index in [4.69, 9.17) is 0 Å². The fourth-order valence-electron chi connectivity index (χ4n) is 4.21. The molecule has 1 aromatic heterocycles. The zero-order valence-electron chi connectivity index (χ0n) is 16.4. The number of nitrogens with one attached hydrogen (secondary N) is 1. The summed E-state index contributed by atoms with van der Waals surface area (Å²) in [6, 6.07) is 6.92. The fraction of sp³-hybridized carbons (Fsp3) is 0.500. The minimum absolute atomic E-state index is 0.276. The van der Waals surface area contributed by atoms with E-state index >= 15 is 0 Å². The lowest BCUT2D eigenvalue weighted by Gasteiger charge is -2.27. The Labute approximate surface area is 160 Å². The molecule has 0 saturated heterocycles. The molecule has 3 rings (SSSR count). The van der Waals surface area contributed by atoms with Gasteiger partial charge in [0.2, 0.25) is 0 Å². The van der Waals surface area contributed by atoms with Gasteiger partial charge in [0.25, 0.3) is 0 Å². The van der Waals surface area contributed by atoms with Crippen LogP contribution in [0, 0.1) is 25.6 Å². The van der Waals surface area contributed by atoms with Gasteiger partial charge in [-0.05, 0) is 63.1 Å². The molecular formula is C22H29FN2O2. The van der Waals surface area contributed by atoms with E-state index in [1.54, 1.807) is 6.07 Å². The largest absolute Gasteiger partial charge is 0.478 e. The number of hydrogen-bond acceptors (Lipinski definition) is 2. The molecule has 1 fully saturated rings. The summed E-state index contributed by atoms with van der Waals surface area (Å²) in [6.07, 6.45) is 4.74. The van der Waals surface area contributed by atoms with E-state index in [1.165, 1.54) is 25.0 Å². The predicted molar refractivity (Wildman–Crippen MR) is 105 cm³/mol. The number of halogens is 1. The summed E-state index contributed by atoms with van der Waals surface area (Å²) < 4.78 is 15.5. The Hall–Kier alpha value is -2.14. The Kier molecular flexibility index (Phi) is 6.00. The smallest absolute Gasteiger partial charge is 0.337 e. The van der Waals surface area contributed by atoms with Gasteiger partial charge in [-0.3, -0.25) is 0 Å². The number of aromatic nitrogens is 1. The van der Waals surface area contributed by atoms with Crippen LogP contribution in [0.2, 0.25) is 0 Å². The maximum atomic E-state index is 13.5. The minimum atomic E-state index is -0.900. The molecule has 0 unspecified atom stereocenters. The van der Waals surface area contributed by atoms with Crippen molar-refractivity contribution in [1.82, 2.24) is 9.88 Å². The average Bonchev–Trinajstić information content (AvgIpc) is 2.85. The lowest BCUT2D eigenvalue weighted by Crippen LogP contribution is -2.32. The molecule has 1 aliphatic carbocycles. The normalized spacial score (nSPS) is 20.0. The van der Waals surface area contributed by atoms with Gasteiger partial charge in [0, 0.05) is 36.1 Å². The molecule has 0 radical (unpaired) electrons. The van der Waals surface area contributed by atoms with Gasteiger partial charge in [-0.2, -0.15) is 0 Å². The molecule has 27 heavy (non-hydrogen) atoms. The molecule has 4 nitrogen and oxygen atoms in total. The first-order valence-electron chi connectivity index (χ1n) is 9.76. The molecule has 0 atom stereocenters. The molecule has 1 heterocycles. The number of nitrogens with zero attached hydrogens (tertiary/aromatic N) is 1. The van der Waals surface area contributed by atoms with Gasteiger partial charge >= 0.3 is 5.97 Å². The molecule has 0 aliphatic heterocycles. The van der Waals surface area contributed by atoms with E-state index in [1.807, 2.05) is 24.5 Å². The van der Waals surface area contributed by atoms with Crippen LogP contribution in [-0.2, 0) is 13.1 Å². The van der Waals surface area contributed by atoms with Crippen LogP contribution < -0.4 is 5.32 Å². The fourth-order valence-corrected chi connectivity index (χ4v) is 4.21. The van der Waals surface area contributed by atoms with Crippen molar-refractivity contribution < 1.29 is 14.3 Å². The van der Waals surface area contributed by atoms with Gasteiger partial charge in [-0.1, -0.05) is 19.1 Å². The lowest BCUT2D eigenvalue weighted by molar-refractivity contribution is 0.0694. The van der Waals surface area contributed by atoms with Crippen molar-refractivity contribution in [3.8, 4) is 0 Å². The maximum absolute atomic E-state index is 13.5. The van der Waals surface area contributed by atoms with Gasteiger partial charge < -0.3 is 15.0 Å². The first-order valence-corrected chi connectivity index (χ1v) is 9.76. The Balaban J connectivity index is 1.83. The number of carbonyl (C=O) groups is 1. The van der Waals surface area contributed by atoms with Crippen molar-refractivity contribution in [2.45, 2.75) is 65.6 Å². The zero-order chi connectivity index (χ0) is 19.6. The van der Waals surface area contributed by atoms with E-state index in [0.29, 0.717) is 24.7 Å². The zero-order valence-corrected chi connectivity index (χ0v) is 16.4. The molecule has 1 aromatic carbocycles. The number of aromatic carboxylic acids is 1. The molecule has 1 aliphatic rings. The highest BCUT2D eigenvalue weighted by Gasteiger charge is 2.24. The number of benzene rings is 1. The Morgan fingerprint density at radius 1 is 1.22 bits per heavy atom. The standard InChI is InChI=1S/C22H29FN2O2/c1-14-7-9-19(10-8-14)24-12-20-15(2)25(16(3)21(20)22(26)27)13-17-5-4-6-18(23)11-17/h4-6,11,14,19,24H,7-10,12-13H2,1-3H3,(H,26,27). The maximum Gasteiger partial charge on any atom is 0.337 e. The van der Waals surface area contributed by atoms with Crippen molar-refractivity contribution in [3.63, 3.8) is 0 Å². The lowest BCUT2D eigenvalue weighted by atomic mass is 9.87. The molecule has 0 bridgehead atoms. The monoisotopic (exact) mass is 372 g/mol. The highest BCUT2D eigenvalue weighted by Crippen LogP contribution is 2.27. The summed E-state index contributed by atoms with van der Waals surface area (Å²) in [5.74, 6) is -0.390. The summed E-state index contributed by atoms with van der Waals surface area (Å²) in [5.41, 5.74) is 3.70. The summed E-state index contributed by atoms with van der Waals surface area (Å²) in [6.45, 7) is 7.11. The summed E-state index contributed by atoms with van der Waals surface area (Å²) in [7, 11) is 0. The Bertz CT molecular complexity index is 820. The number of carboxylic acids is 1. The number of hydrogen-bond donors (Lipinski definition) is 2. The third-order valence-electron chi connectivity index (χ3n) is 5.94. The molecule has 1 saturated carbocycles. The highest BCUT2D eigenvalue weighted by molar-refractivity contribution is 5.91. The van der Waals surface area contributed by atoms with Crippen molar-refractivity contribution >= 4 is 5.97 Å². The molecule has 2 N–H and O–H groups in total. The Morgan fingerprint density at radius 2 is 1.93 bits per heavy atom. The molecule has 2 aromatic rings. The van der Waals surface area contributed by atoms with Crippen LogP contribution in [0.1, 0.15) is 65.5 Å². The van der Waals surface area contributed by atoms with E-state index in [9.17, 15) is 14.3 Å². The minimum Gasteiger partial charge on any atom is -0.478 e. The predicted octanol–water partition coefficient (Wildman–Crippen LogP) is 4.66. The van der Waals surface area contributed by atoms with Crippen molar-refractivity contribution in [2.24, 2.45) is 5.92 Å². The first kappa shape index (κ1) is 19.6.